The molecule has 0 N–H and O–H groups in total. The van der Waals surface area contributed by atoms with Crippen molar-refractivity contribution in [1.29, 1.82) is 0 Å². The molecule has 0 fully saturated rings. The van der Waals surface area contributed by atoms with Gasteiger partial charge >= 0.3 is 0 Å². The minimum atomic E-state index is -0.525. The van der Waals surface area contributed by atoms with Crippen LogP contribution in [0.15, 0.2) is 241 Å². The maximum absolute atomic E-state index is 6.42. The second-order valence-corrected chi connectivity index (χ2v) is 16.7. The van der Waals surface area contributed by atoms with E-state index in [4.69, 9.17) is 4.42 Å². The Hall–Kier alpha value is -8.20. The molecule has 0 radical (unpaired) electrons. The van der Waals surface area contributed by atoms with Gasteiger partial charge in [0.1, 0.15) is 11.2 Å². The highest BCUT2D eigenvalue weighted by Crippen LogP contribution is 2.61. The van der Waals surface area contributed by atoms with E-state index in [1.165, 1.54) is 72.3 Å². The van der Waals surface area contributed by atoms with Gasteiger partial charge in [-0.05, 0) is 126 Å². The van der Waals surface area contributed by atoms with Gasteiger partial charge in [0.15, 0.2) is 0 Å². The normalized spacial score (nSPS) is 12.9. The summed E-state index contributed by atoms with van der Waals surface area (Å²) in [4.78, 5) is 2.37. The Morgan fingerprint density at radius 1 is 0.302 bits per heavy atom. The summed E-state index contributed by atoms with van der Waals surface area (Å²) in [5.41, 5.74) is 22.1. The van der Waals surface area contributed by atoms with Gasteiger partial charge in [-0.2, -0.15) is 0 Å². The lowest BCUT2D eigenvalue weighted by Crippen LogP contribution is -2.29. The zero-order valence-electron chi connectivity index (χ0n) is 34.4. The summed E-state index contributed by atoms with van der Waals surface area (Å²) in [7, 11) is 0. The van der Waals surface area contributed by atoms with Crippen molar-refractivity contribution >= 4 is 39.0 Å². The Bertz CT molecular complexity index is 3490. The predicted octanol–water partition coefficient (Wildman–Crippen LogP) is 16.4. The largest absolute Gasteiger partial charge is 0.456 e. The molecule has 0 atom stereocenters. The number of rotatable bonds is 5. The maximum atomic E-state index is 6.42. The van der Waals surface area contributed by atoms with E-state index in [1.54, 1.807) is 0 Å². The molecule has 0 unspecified atom stereocenters. The van der Waals surface area contributed by atoms with E-state index in [1.807, 2.05) is 6.07 Å². The highest BCUT2D eigenvalue weighted by molar-refractivity contribution is 6.13. The molecule has 63 heavy (non-hydrogen) atoms. The van der Waals surface area contributed by atoms with Crippen molar-refractivity contribution in [3.05, 3.63) is 259 Å². The Balaban J connectivity index is 0.986. The minimum Gasteiger partial charge on any atom is -0.456 e. The highest BCUT2D eigenvalue weighted by Gasteiger charge is 2.49. The van der Waals surface area contributed by atoms with Crippen LogP contribution in [0.3, 0.4) is 0 Å². The summed E-state index contributed by atoms with van der Waals surface area (Å²) in [6.07, 6.45) is 0. The molecule has 0 saturated heterocycles. The predicted molar refractivity (Wildman–Crippen MR) is 261 cm³/mol. The van der Waals surface area contributed by atoms with E-state index >= 15 is 0 Å². The van der Waals surface area contributed by atoms with Crippen LogP contribution in [0.4, 0.5) is 17.1 Å². The lowest BCUT2D eigenvalue weighted by Gasteiger charge is -2.35. The molecular formula is C61H39NO. The molecule has 10 aromatic carbocycles. The van der Waals surface area contributed by atoms with Crippen molar-refractivity contribution in [1.82, 2.24) is 0 Å². The van der Waals surface area contributed by atoms with Gasteiger partial charge in [-0.25, -0.2) is 0 Å². The van der Waals surface area contributed by atoms with Gasteiger partial charge in [0.2, 0.25) is 0 Å². The van der Waals surface area contributed by atoms with Crippen molar-refractivity contribution in [2.24, 2.45) is 0 Å². The Morgan fingerprint density at radius 2 is 0.746 bits per heavy atom. The molecule has 1 spiro atoms. The van der Waals surface area contributed by atoms with E-state index in [2.05, 4.69) is 235 Å². The summed E-state index contributed by atoms with van der Waals surface area (Å²) in [6.45, 7) is 0. The molecule has 0 amide bonds. The molecule has 294 valence electrons. The van der Waals surface area contributed by atoms with Crippen LogP contribution in [0, 0.1) is 0 Å². The van der Waals surface area contributed by atoms with Crippen LogP contribution in [0.5, 0.6) is 0 Å². The smallest absolute Gasteiger partial charge is 0.137 e. The van der Waals surface area contributed by atoms with Crippen LogP contribution >= 0.6 is 0 Å². The van der Waals surface area contributed by atoms with E-state index in [0.29, 0.717) is 0 Å². The third kappa shape index (κ3) is 5.25. The van der Waals surface area contributed by atoms with Gasteiger partial charge in [0, 0.05) is 16.8 Å². The molecule has 2 aliphatic rings. The summed E-state index contributed by atoms with van der Waals surface area (Å²) in [5.74, 6) is 0. The molecule has 11 aromatic rings. The number of fused-ring (bicyclic) bond motifs is 15. The number of hydrogen-bond donors (Lipinski definition) is 0. The molecule has 2 nitrogen and oxygen atoms in total. The van der Waals surface area contributed by atoms with Crippen molar-refractivity contribution in [3.63, 3.8) is 0 Å². The number of furan rings is 1. The van der Waals surface area contributed by atoms with Crippen LogP contribution in [-0.2, 0) is 5.41 Å². The molecular weight excluding hydrogens is 763 g/mol. The minimum absolute atomic E-state index is 0.525. The van der Waals surface area contributed by atoms with Crippen molar-refractivity contribution in [2.45, 2.75) is 5.41 Å². The Labute approximate surface area is 366 Å². The first kappa shape index (κ1) is 35.5. The van der Waals surface area contributed by atoms with Crippen molar-refractivity contribution in [2.75, 3.05) is 4.90 Å². The fourth-order valence-corrected chi connectivity index (χ4v) is 10.8. The zero-order chi connectivity index (χ0) is 41.5. The van der Waals surface area contributed by atoms with Gasteiger partial charge in [0.25, 0.3) is 0 Å². The van der Waals surface area contributed by atoms with E-state index in [0.717, 1.165) is 44.6 Å². The third-order valence-electron chi connectivity index (χ3n) is 13.5. The SMILES string of the molecule is c1ccc(-c2ccc(N(c3ccc(-c4ccc5c(c4)C4(c6ccccc6-c6ccccc6-c6ccccc64)c4ccccc4-5)cc3)c3cccc4oc5ccccc5c34)cc2)cc1. The van der Waals surface area contributed by atoms with Crippen LogP contribution in [-0.4, -0.2) is 0 Å². The summed E-state index contributed by atoms with van der Waals surface area (Å²) >= 11 is 0. The second-order valence-electron chi connectivity index (χ2n) is 16.7. The third-order valence-corrected chi connectivity index (χ3v) is 13.5. The van der Waals surface area contributed by atoms with Gasteiger partial charge in [-0.1, -0.05) is 188 Å². The standard InChI is InChI=1S/C61H39NO/c1-2-15-40(16-3-1)41-29-34-44(35-30-41)62(57-26-14-28-59-60(57)52-22-9-13-27-58(52)63-59)45-36-31-42(32-37-45)43-33-38-51-50-21-8-12-25-55(50)61(56(51)39-43)53-23-10-6-19-48(53)46-17-4-5-18-47(46)49-20-7-11-24-54(49)61/h1-39H. The molecule has 0 bridgehead atoms. The molecule has 2 heteroatoms. The molecule has 2 aliphatic carbocycles. The summed E-state index contributed by atoms with van der Waals surface area (Å²) in [5, 5.41) is 2.20. The molecule has 1 aromatic heterocycles. The second kappa shape index (κ2) is 13.9. The number of nitrogens with zero attached hydrogens (tertiary/aromatic N) is 1. The first-order chi connectivity index (χ1) is 31.3. The monoisotopic (exact) mass is 801 g/mol. The fourth-order valence-electron chi connectivity index (χ4n) is 10.8. The lowest BCUT2D eigenvalue weighted by atomic mass is 9.65. The Kier molecular flexibility index (Phi) is 7.85. The van der Waals surface area contributed by atoms with E-state index in [9.17, 15) is 0 Å². The summed E-state index contributed by atoms with van der Waals surface area (Å²) < 4.78 is 6.42. The number of benzene rings is 10. The highest BCUT2D eigenvalue weighted by atomic mass is 16.3. The molecule has 13 rings (SSSR count). The number of anilines is 3. The number of hydrogen-bond acceptors (Lipinski definition) is 2. The van der Waals surface area contributed by atoms with Gasteiger partial charge in [0.05, 0.1) is 16.5 Å². The molecule has 1 heterocycles. The Morgan fingerprint density at radius 3 is 1.37 bits per heavy atom. The molecule has 0 aliphatic heterocycles. The van der Waals surface area contributed by atoms with Gasteiger partial charge < -0.3 is 9.32 Å². The fraction of sp³-hybridized carbons (Fsp3) is 0.0164. The quantitative estimate of drug-likeness (QED) is 0.172. The maximum Gasteiger partial charge on any atom is 0.137 e. The molecule has 0 saturated carbocycles. The average Bonchev–Trinajstić information content (AvgIpc) is 3.85. The van der Waals surface area contributed by atoms with E-state index < -0.39 is 5.41 Å². The first-order valence-corrected chi connectivity index (χ1v) is 21.8. The topological polar surface area (TPSA) is 16.4 Å². The van der Waals surface area contributed by atoms with Crippen LogP contribution in [0.2, 0.25) is 0 Å². The van der Waals surface area contributed by atoms with Crippen molar-refractivity contribution < 1.29 is 4.42 Å². The lowest BCUT2D eigenvalue weighted by molar-refractivity contribution is 0.669. The van der Waals surface area contributed by atoms with E-state index in [-0.39, 0.29) is 0 Å². The van der Waals surface area contributed by atoms with Gasteiger partial charge in [-0.3, -0.25) is 0 Å². The van der Waals surface area contributed by atoms with Crippen molar-refractivity contribution in [3.8, 4) is 55.6 Å². The van der Waals surface area contributed by atoms with Gasteiger partial charge in [-0.15, -0.1) is 0 Å². The van der Waals surface area contributed by atoms with Crippen LogP contribution in [0.25, 0.3) is 77.6 Å². The van der Waals surface area contributed by atoms with Crippen LogP contribution < -0.4 is 4.90 Å². The number of para-hydroxylation sites is 1. The first-order valence-electron chi connectivity index (χ1n) is 21.8. The van der Waals surface area contributed by atoms with Crippen LogP contribution in [0.1, 0.15) is 22.3 Å². The average molecular weight is 802 g/mol. The summed E-state index contributed by atoms with van der Waals surface area (Å²) in [6, 6.07) is 86.6. The zero-order valence-corrected chi connectivity index (χ0v) is 34.4.